The topological polar surface area (TPSA) is 55.3 Å². The number of benzene rings is 1. The Balaban J connectivity index is 1.86. The Morgan fingerprint density at radius 1 is 1.24 bits per heavy atom. The van der Waals surface area contributed by atoms with Crippen LogP contribution < -0.4 is 11.5 Å². The van der Waals surface area contributed by atoms with E-state index < -0.39 is 0 Å². The van der Waals surface area contributed by atoms with Crippen LogP contribution in [0.1, 0.15) is 30.7 Å². The first kappa shape index (κ1) is 12.4. The van der Waals surface area contributed by atoms with Gasteiger partial charge in [-0.25, -0.2) is 0 Å². The van der Waals surface area contributed by atoms with Gasteiger partial charge in [0.05, 0.1) is 0 Å². The van der Waals surface area contributed by atoms with Crippen molar-refractivity contribution in [3.8, 4) is 0 Å². The van der Waals surface area contributed by atoms with Crippen molar-refractivity contribution in [2.45, 2.75) is 25.2 Å². The highest BCUT2D eigenvalue weighted by atomic mass is 15.1. The molecule has 0 spiro atoms. The third-order valence-corrected chi connectivity index (χ3v) is 3.65. The summed E-state index contributed by atoms with van der Waals surface area (Å²) in [6.07, 6.45) is 3.60. The number of hydrogen-bond donors (Lipinski definition) is 2. The summed E-state index contributed by atoms with van der Waals surface area (Å²) in [4.78, 5) is 2.52. The van der Waals surface area contributed by atoms with E-state index in [2.05, 4.69) is 23.1 Å². The second-order valence-electron chi connectivity index (χ2n) is 4.93. The van der Waals surface area contributed by atoms with E-state index in [9.17, 15) is 0 Å². The number of hydrogen-bond acceptors (Lipinski definition) is 3. The Kier molecular flexibility index (Phi) is 4.40. The van der Waals surface area contributed by atoms with Gasteiger partial charge in [0.25, 0.3) is 0 Å². The molecule has 1 saturated heterocycles. The average molecular weight is 233 g/mol. The van der Waals surface area contributed by atoms with Crippen LogP contribution in [0.15, 0.2) is 24.3 Å². The van der Waals surface area contributed by atoms with Crippen LogP contribution in [-0.2, 0) is 0 Å². The summed E-state index contributed by atoms with van der Waals surface area (Å²) >= 11 is 0. The second-order valence-corrected chi connectivity index (χ2v) is 4.93. The standard InChI is InChI=1S/C14H23N3/c15-7-2-8-17-9-5-12(6-10-17)13-3-1-4-14(16)11-13/h1,3-4,11-12H,2,5-10,15-16H2. The normalized spacial score (nSPS) is 18.4. The molecule has 3 nitrogen and oxygen atoms in total. The fourth-order valence-corrected chi connectivity index (χ4v) is 2.62. The van der Waals surface area contributed by atoms with Crippen molar-refractivity contribution in [2.24, 2.45) is 5.73 Å². The molecule has 0 amide bonds. The monoisotopic (exact) mass is 233 g/mol. The summed E-state index contributed by atoms with van der Waals surface area (Å²) in [5.74, 6) is 0.688. The van der Waals surface area contributed by atoms with E-state index in [1.807, 2.05) is 6.07 Å². The maximum absolute atomic E-state index is 5.83. The van der Waals surface area contributed by atoms with Crippen LogP contribution in [0.4, 0.5) is 5.69 Å². The molecular formula is C14H23N3. The lowest BCUT2D eigenvalue weighted by Gasteiger charge is -2.32. The fourth-order valence-electron chi connectivity index (χ4n) is 2.62. The molecule has 4 N–H and O–H groups in total. The quantitative estimate of drug-likeness (QED) is 0.780. The SMILES string of the molecule is NCCCN1CCC(c2cccc(N)c2)CC1. The van der Waals surface area contributed by atoms with Crippen LogP contribution >= 0.6 is 0 Å². The molecule has 3 heteroatoms. The number of nitrogens with two attached hydrogens (primary N) is 2. The van der Waals surface area contributed by atoms with Gasteiger partial charge in [-0.3, -0.25) is 0 Å². The molecule has 0 bridgehead atoms. The Morgan fingerprint density at radius 2 is 2.00 bits per heavy atom. The van der Waals surface area contributed by atoms with Gasteiger partial charge in [0.15, 0.2) is 0 Å². The molecule has 2 rings (SSSR count). The van der Waals surface area contributed by atoms with Crippen molar-refractivity contribution in [1.29, 1.82) is 0 Å². The van der Waals surface area contributed by atoms with Crippen LogP contribution in [0.2, 0.25) is 0 Å². The minimum absolute atomic E-state index is 0.688. The molecule has 17 heavy (non-hydrogen) atoms. The molecule has 0 aliphatic carbocycles. The van der Waals surface area contributed by atoms with Crippen molar-refractivity contribution in [3.05, 3.63) is 29.8 Å². The smallest absolute Gasteiger partial charge is 0.0316 e. The lowest BCUT2D eigenvalue weighted by atomic mass is 9.89. The van der Waals surface area contributed by atoms with Gasteiger partial charge in [-0.2, -0.15) is 0 Å². The lowest BCUT2D eigenvalue weighted by molar-refractivity contribution is 0.211. The minimum atomic E-state index is 0.688. The molecule has 0 unspecified atom stereocenters. The fraction of sp³-hybridized carbons (Fsp3) is 0.571. The third-order valence-electron chi connectivity index (χ3n) is 3.65. The van der Waals surface area contributed by atoms with E-state index in [-0.39, 0.29) is 0 Å². The van der Waals surface area contributed by atoms with Gasteiger partial charge >= 0.3 is 0 Å². The number of nitrogen functional groups attached to an aromatic ring is 1. The predicted molar refractivity (Wildman–Crippen MR) is 72.9 cm³/mol. The molecule has 1 aromatic rings. The highest BCUT2D eigenvalue weighted by Crippen LogP contribution is 2.28. The van der Waals surface area contributed by atoms with Crippen molar-refractivity contribution in [1.82, 2.24) is 4.90 Å². The Morgan fingerprint density at radius 3 is 2.65 bits per heavy atom. The van der Waals surface area contributed by atoms with Gasteiger partial charge < -0.3 is 16.4 Å². The number of piperidine rings is 1. The van der Waals surface area contributed by atoms with Crippen LogP contribution in [-0.4, -0.2) is 31.1 Å². The summed E-state index contributed by atoms with van der Waals surface area (Å²) < 4.78 is 0. The van der Waals surface area contributed by atoms with Gasteiger partial charge in [0.1, 0.15) is 0 Å². The highest BCUT2D eigenvalue weighted by Gasteiger charge is 2.19. The second kappa shape index (κ2) is 6.03. The predicted octanol–water partition coefficient (Wildman–Crippen LogP) is 1.80. The van der Waals surface area contributed by atoms with Gasteiger partial charge in [-0.05, 0) is 69.1 Å². The highest BCUT2D eigenvalue weighted by molar-refractivity contribution is 5.41. The van der Waals surface area contributed by atoms with E-state index in [1.165, 1.54) is 31.5 Å². The molecule has 1 heterocycles. The molecule has 0 atom stereocenters. The summed E-state index contributed by atoms with van der Waals surface area (Å²) in [5, 5.41) is 0. The van der Waals surface area contributed by atoms with Gasteiger partial charge in [0, 0.05) is 5.69 Å². The maximum atomic E-state index is 5.83. The van der Waals surface area contributed by atoms with Crippen LogP contribution in [0.25, 0.3) is 0 Å². The Labute approximate surface area is 104 Å². The zero-order valence-corrected chi connectivity index (χ0v) is 10.4. The number of anilines is 1. The van der Waals surface area contributed by atoms with Crippen molar-refractivity contribution < 1.29 is 0 Å². The third kappa shape index (κ3) is 3.45. The number of nitrogens with zero attached hydrogens (tertiary/aromatic N) is 1. The molecule has 0 radical (unpaired) electrons. The van der Waals surface area contributed by atoms with Crippen molar-refractivity contribution >= 4 is 5.69 Å². The Hall–Kier alpha value is -1.06. The zero-order valence-electron chi connectivity index (χ0n) is 10.4. The molecule has 0 saturated carbocycles. The van der Waals surface area contributed by atoms with Crippen LogP contribution in [0, 0.1) is 0 Å². The zero-order chi connectivity index (χ0) is 12.1. The summed E-state index contributed by atoms with van der Waals surface area (Å²) in [5.41, 5.74) is 13.7. The van der Waals surface area contributed by atoms with E-state index in [4.69, 9.17) is 11.5 Å². The van der Waals surface area contributed by atoms with Crippen LogP contribution in [0.3, 0.4) is 0 Å². The summed E-state index contributed by atoms with van der Waals surface area (Å²) in [6.45, 7) is 4.34. The first-order valence-electron chi connectivity index (χ1n) is 6.57. The first-order chi connectivity index (χ1) is 8.29. The van der Waals surface area contributed by atoms with Gasteiger partial charge in [-0.1, -0.05) is 12.1 Å². The number of likely N-dealkylation sites (tertiary alicyclic amines) is 1. The van der Waals surface area contributed by atoms with E-state index in [1.54, 1.807) is 0 Å². The summed E-state index contributed by atoms with van der Waals surface area (Å²) in [6, 6.07) is 8.35. The van der Waals surface area contributed by atoms with Gasteiger partial charge in [-0.15, -0.1) is 0 Å². The lowest BCUT2D eigenvalue weighted by Crippen LogP contribution is -2.34. The molecule has 1 aliphatic heterocycles. The van der Waals surface area contributed by atoms with Crippen LogP contribution in [0.5, 0.6) is 0 Å². The largest absolute Gasteiger partial charge is 0.399 e. The molecular weight excluding hydrogens is 210 g/mol. The molecule has 1 aromatic carbocycles. The van der Waals surface area contributed by atoms with Crippen molar-refractivity contribution in [3.63, 3.8) is 0 Å². The molecule has 0 aromatic heterocycles. The molecule has 94 valence electrons. The number of rotatable bonds is 4. The maximum Gasteiger partial charge on any atom is 0.0316 e. The minimum Gasteiger partial charge on any atom is -0.399 e. The Bertz CT molecular complexity index is 343. The van der Waals surface area contributed by atoms with Crippen molar-refractivity contribution in [2.75, 3.05) is 31.9 Å². The van der Waals surface area contributed by atoms with E-state index >= 15 is 0 Å². The van der Waals surface area contributed by atoms with E-state index in [0.717, 1.165) is 25.2 Å². The molecule has 1 fully saturated rings. The summed E-state index contributed by atoms with van der Waals surface area (Å²) in [7, 11) is 0. The molecule has 1 aliphatic rings. The first-order valence-corrected chi connectivity index (χ1v) is 6.57. The van der Waals surface area contributed by atoms with E-state index in [0.29, 0.717) is 5.92 Å². The van der Waals surface area contributed by atoms with Gasteiger partial charge in [0.2, 0.25) is 0 Å². The average Bonchev–Trinajstić information content (AvgIpc) is 2.37.